The average molecular weight is 532 g/mol. The van der Waals surface area contributed by atoms with Crippen molar-refractivity contribution in [2.24, 2.45) is 0 Å². The summed E-state index contributed by atoms with van der Waals surface area (Å²) in [5.41, 5.74) is 1.02. The molecule has 0 bridgehead atoms. The van der Waals surface area contributed by atoms with E-state index in [1.165, 1.54) is 29.8 Å². The van der Waals surface area contributed by atoms with Crippen molar-refractivity contribution in [3.8, 4) is 22.2 Å². The minimum Gasteiger partial charge on any atom is -0.436 e. The summed E-state index contributed by atoms with van der Waals surface area (Å²) in [7, 11) is -2.57. The van der Waals surface area contributed by atoms with E-state index < -0.39 is 28.7 Å². The molecule has 0 aromatic carbocycles. The Labute approximate surface area is 204 Å². The van der Waals surface area contributed by atoms with Crippen LogP contribution in [0.3, 0.4) is 0 Å². The lowest BCUT2D eigenvalue weighted by Gasteiger charge is -2.30. The molecule has 4 rings (SSSR count). The van der Waals surface area contributed by atoms with Gasteiger partial charge in [0.1, 0.15) is 10.7 Å². The highest BCUT2D eigenvalue weighted by Gasteiger charge is 2.36. The second kappa shape index (κ2) is 10.4. The first-order valence-electron chi connectivity index (χ1n) is 10.4. The molecule has 1 aliphatic heterocycles. The highest BCUT2D eigenvalue weighted by atomic mass is 32.2. The van der Waals surface area contributed by atoms with Gasteiger partial charge < -0.3 is 15.4 Å². The highest BCUT2D eigenvalue weighted by molar-refractivity contribution is 7.86. The fraction of sp³-hybridized carbons (Fsp3) is 0.400. The molecule has 1 fully saturated rings. The van der Waals surface area contributed by atoms with Gasteiger partial charge in [0.25, 0.3) is 5.92 Å². The van der Waals surface area contributed by atoms with Crippen LogP contribution in [0.1, 0.15) is 17.0 Å². The first-order valence-corrected chi connectivity index (χ1v) is 12.4. The number of piperidine rings is 1. The molecule has 0 amide bonds. The van der Waals surface area contributed by atoms with Crippen LogP contribution in [-0.4, -0.2) is 55.0 Å². The number of hydrogen-bond donors (Lipinski definition) is 3. The number of rotatable bonds is 8. The zero-order chi connectivity index (χ0) is 25.2. The van der Waals surface area contributed by atoms with Crippen molar-refractivity contribution in [1.29, 1.82) is 0 Å². The van der Waals surface area contributed by atoms with Crippen LogP contribution in [-0.2, 0) is 11.0 Å². The first kappa shape index (κ1) is 25.2. The molecule has 9 nitrogen and oxygen atoms in total. The van der Waals surface area contributed by atoms with Gasteiger partial charge in [-0.2, -0.15) is 8.78 Å². The van der Waals surface area contributed by atoms with Crippen molar-refractivity contribution in [2.75, 3.05) is 23.1 Å². The van der Waals surface area contributed by atoms with Crippen molar-refractivity contribution in [3.63, 3.8) is 0 Å². The van der Waals surface area contributed by atoms with Gasteiger partial charge >= 0.3 is 5.76 Å². The van der Waals surface area contributed by atoms with E-state index in [2.05, 4.69) is 35.3 Å². The number of aromatic nitrogens is 4. The fourth-order valence-corrected chi connectivity index (χ4v) is 4.59. The van der Waals surface area contributed by atoms with E-state index in [0.29, 0.717) is 33.4 Å². The third-order valence-electron chi connectivity index (χ3n) is 4.88. The van der Waals surface area contributed by atoms with E-state index in [4.69, 9.17) is 4.74 Å². The zero-order valence-corrected chi connectivity index (χ0v) is 20.2. The van der Waals surface area contributed by atoms with Crippen LogP contribution in [0, 0.1) is 13.8 Å². The van der Waals surface area contributed by atoms with Crippen LogP contribution >= 0.6 is 11.3 Å². The van der Waals surface area contributed by atoms with Crippen molar-refractivity contribution >= 4 is 34.1 Å². The van der Waals surface area contributed by atoms with E-state index in [-0.39, 0.29) is 30.6 Å². The molecule has 3 aromatic rings. The molecule has 2 unspecified atom stereocenters. The fourth-order valence-electron chi connectivity index (χ4n) is 3.37. The van der Waals surface area contributed by atoms with Crippen LogP contribution in [0.25, 0.3) is 10.6 Å². The van der Waals surface area contributed by atoms with E-state index in [1.54, 1.807) is 19.9 Å². The molecular weight excluding hydrogens is 510 g/mol. The first-order chi connectivity index (χ1) is 16.6. The third kappa shape index (κ3) is 6.41. The maximum atomic E-state index is 13.7. The predicted octanol–water partition coefficient (Wildman–Crippen LogP) is 4.11. The van der Waals surface area contributed by atoms with Gasteiger partial charge in [-0.05, 0) is 31.5 Å². The number of anilines is 2. The Morgan fingerprint density at radius 3 is 2.80 bits per heavy atom. The van der Waals surface area contributed by atoms with Crippen LogP contribution < -0.4 is 20.1 Å². The summed E-state index contributed by atoms with van der Waals surface area (Å²) in [6, 6.07) is 2.54. The molecule has 0 radical (unpaired) electrons. The number of nitrogens with zero attached hydrogens (tertiary/aromatic N) is 4. The molecule has 35 heavy (non-hydrogen) atoms. The second-order valence-corrected chi connectivity index (χ2v) is 10.1. The van der Waals surface area contributed by atoms with Gasteiger partial charge in [0, 0.05) is 25.2 Å². The maximum Gasteiger partial charge on any atom is 0.330 e. The van der Waals surface area contributed by atoms with Gasteiger partial charge in [-0.15, -0.1) is 11.3 Å². The number of pyridine rings is 1. The number of alkyl halides is 4. The molecule has 0 spiro atoms. The molecule has 4 heterocycles. The average Bonchev–Trinajstić information content (AvgIpc) is 3.15. The van der Waals surface area contributed by atoms with E-state index in [0.717, 1.165) is 0 Å². The Bertz CT molecular complexity index is 1230. The number of hydrogen-bond acceptors (Lipinski definition) is 9. The minimum absolute atomic E-state index is 0.0115. The van der Waals surface area contributed by atoms with Gasteiger partial charge in [-0.25, -0.2) is 32.9 Å². The van der Waals surface area contributed by atoms with Crippen molar-refractivity contribution in [3.05, 3.63) is 35.1 Å². The Kier molecular flexibility index (Phi) is 7.47. The molecule has 1 saturated heterocycles. The lowest BCUT2D eigenvalue weighted by Crippen LogP contribution is -2.49. The molecule has 0 saturated carbocycles. The Balaban J connectivity index is 1.53. The molecule has 188 valence electrons. The summed E-state index contributed by atoms with van der Waals surface area (Å²) < 4.78 is 71.8. The number of aryl methyl sites for hydroxylation is 2. The topological polar surface area (TPSA) is 114 Å². The van der Waals surface area contributed by atoms with Crippen molar-refractivity contribution in [2.45, 2.75) is 38.0 Å². The van der Waals surface area contributed by atoms with Crippen LogP contribution in [0.5, 0.6) is 11.6 Å². The standard InChI is InChI=1S/C20H21F4N7O2S2/c1-10-5-15(31-35(32)18(21)22)27-8-14(10)33-17-16(34-11(2)28-17)13-3-4-26-19(30-13)29-12-6-20(23,24)9-25-7-12/h3-5,8,12,18,25H,6-7,9H2,1-2H3,(H,27,31)(H,26,29,30). The smallest absolute Gasteiger partial charge is 0.330 e. The van der Waals surface area contributed by atoms with Gasteiger partial charge in [0.2, 0.25) is 11.8 Å². The Morgan fingerprint density at radius 2 is 2.09 bits per heavy atom. The monoisotopic (exact) mass is 531 g/mol. The van der Waals surface area contributed by atoms with Crippen LogP contribution in [0.15, 0.2) is 24.5 Å². The Morgan fingerprint density at radius 1 is 1.29 bits per heavy atom. The number of ether oxygens (including phenoxy) is 1. The molecule has 3 N–H and O–H groups in total. The molecule has 1 aliphatic rings. The summed E-state index contributed by atoms with van der Waals surface area (Å²) in [4.78, 5) is 17.5. The van der Waals surface area contributed by atoms with Gasteiger partial charge in [0.15, 0.2) is 16.7 Å². The van der Waals surface area contributed by atoms with Gasteiger partial charge in [0.05, 0.1) is 23.4 Å². The zero-order valence-electron chi connectivity index (χ0n) is 18.5. The van der Waals surface area contributed by atoms with Crippen molar-refractivity contribution in [1.82, 2.24) is 25.3 Å². The summed E-state index contributed by atoms with van der Waals surface area (Å²) in [5.74, 6) is -5.10. The Hall–Kier alpha value is -2.91. The lowest BCUT2D eigenvalue weighted by molar-refractivity contribution is -0.0244. The third-order valence-corrected chi connectivity index (χ3v) is 6.59. The van der Waals surface area contributed by atoms with Crippen LogP contribution in [0.2, 0.25) is 0 Å². The molecule has 0 aliphatic carbocycles. The maximum absolute atomic E-state index is 13.7. The number of halogens is 4. The summed E-state index contributed by atoms with van der Waals surface area (Å²) >= 11 is 1.32. The largest absolute Gasteiger partial charge is 0.436 e. The molecule has 3 aromatic heterocycles. The molecule has 2 atom stereocenters. The van der Waals surface area contributed by atoms with Gasteiger partial charge in [-0.1, -0.05) is 0 Å². The van der Waals surface area contributed by atoms with E-state index >= 15 is 0 Å². The summed E-state index contributed by atoms with van der Waals surface area (Å²) in [5, 5.41) is 6.33. The normalized spacial score (nSPS) is 18.3. The second-order valence-electron chi connectivity index (χ2n) is 7.76. The summed E-state index contributed by atoms with van der Waals surface area (Å²) in [6.07, 6.45) is 2.49. The number of thiazole rings is 1. The van der Waals surface area contributed by atoms with E-state index in [9.17, 15) is 21.8 Å². The predicted molar refractivity (Wildman–Crippen MR) is 125 cm³/mol. The highest BCUT2D eigenvalue weighted by Crippen LogP contribution is 2.38. The van der Waals surface area contributed by atoms with Crippen molar-refractivity contribution < 1.29 is 26.5 Å². The molecular formula is C20H21F4N7O2S2. The van der Waals surface area contributed by atoms with Gasteiger partial charge in [-0.3, -0.25) is 4.72 Å². The minimum atomic E-state index is -3.05. The SMILES string of the molecule is Cc1nc(Oc2cnc(NS(=O)C(F)F)cc2C)c(-c2ccnc(NC3CNCC(F)(F)C3)n2)s1. The van der Waals surface area contributed by atoms with Crippen LogP contribution in [0.4, 0.5) is 29.3 Å². The van der Waals surface area contributed by atoms with E-state index in [1.807, 2.05) is 0 Å². The lowest BCUT2D eigenvalue weighted by atomic mass is 10.0. The quantitative estimate of drug-likeness (QED) is 0.372. The summed E-state index contributed by atoms with van der Waals surface area (Å²) in [6.45, 7) is 3.46. The molecule has 15 heteroatoms. The number of nitrogens with one attached hydrogen (secondary N) is 3.